The molecule has 2 rings (SSSR count). The quantitative estimate of drug-likeness (QED) is 0.612. The maximum Gasteiger partial charge on any atom is 0.234 e. The van der Waals surface area contributed by atoms with E-state index in [0.717, 1.165) is 17.2 Å². The van der Waals surface area contributed by atoms with Crippen molar-refractivity contribution in [1.29, 1.82) is 0 Å². The van der Waals surface area contributed by atoms with Gasteiger partial charge in [0.2, 0.25) is 5.78 Å². The van der Waals surface area contributed by atoms with Crippen LogP contribution in [0.25, 0.3) is 5.78 Å². The van der Waals surface area contributed by atoms with Crippen LogP contribution in [0.5, 0.6) is 0 Å². The smallest absolute Gasteiger partial charge is 0.234 e. The van der Waals surface area contributed by atoms with Crippen molar-refractivity contribution in [3.05, 3.63) is 28.8 Å². The molecule has 3 nitrogen and oxygen atoms in total. The maximum atomic E-state index is 4.39. The average molecular weight is 175 g/mol. The van der Waals surface area contributed by atoms with Gasteiger partial charge in [-0.25, -0.2) is 9.97 Å². The molecule has 2 aromatic rings. The van der Waals surface area contributed by atoms with Crippen molar-refractivity contribution in [3.8, 4) is 0 Å². The van der Waals surface area contributed by atoms with Gasteiger partial charge in [0, 0.05) is 17.1 Å². The van der Waals surface area contributed by atoms with Gasteiger partial charge in [-0.3, -0.25) is 4.40 Å². The molecule has 68 valence electrons. The Morgan fingerprint density at radius 2 is 1.77 bits per heavy atom. The Labute approximate surface area is 77.4 Å². The minimum Gasteiger partial charge on any atom is -0.285 e. The molecule has 0 aliphatic rings. The highest BCUT2D eigenvalue weighted by atomic mass is 15.1. The number of hydrogen-bond acceptors (Lipinski definition) is 2. The topological polar surface area (TPSA) is 30.2 Å². The zero-order valence-electron chi connectivity index (χ0n) is 8.42. The summed E-state index contributed by atoms with van der Waals surface area (Å²) in [6.45, 7) is 8.15. The fraction of sp³-hybridized carbons (Fsp3) is 0.400. The van der Waals surface area contributed by atoms with Crippen molar-refractivity contribution in [3.63, 3.8) is 0 Å². The van der Waals surface area contributed by atoms with E-state index in [1.165, 1.54) is 11.4 Å². The standard InChI is InChI=1S/C10H13N3/c1-6-5-7(2)13-9(4)8(3)12-10(13)11-6/h5H,1-4H3. The molecule has 0 atom stereocenters. The predicted molar refractivity (Wildman–Crippen MR) is 51.9 cm³/mol. The van der Waals surface area contributed by atoms with Crippen LogP contribution in [0.4, 0.5) is 0 Å². The van der Waals surface area contributed by atoms with E-state index in [-0.39, 0.29) is 0 Å². The van der Waals surface area contributed by atoms with E-state index in [2.05, 4.69) is 34.3 Å². The summed E-state index contributed by atoms with van der Waals surface area (Å²) in [5.41, 5.74) is 4.46. The van der Waals surface area contributed by atoms with Gasteiger partial charge in [-0.2, -0.15) is 0 Å². The predicted octanol–water partition coefficient (Wildman–Crippen LogP) is 1.96. The van der Waals surface area contributed by atoms with Crippen molar-refractivity contribution in [1.82, 2.24) is 14.4 Å². The monoisotopic (exact) mass is 175 g/mol. The Bertz CT molecular complexity index is 468. The van der Waals surface area contributed by atoms with Crippen LogP contribution in [0.3, 0.4) is 0 Å². The molecule has 2 heterocycles. The Kier molecular flexibility index (Phi) is 1.62. The van der Waals surface area contributed by atoms with Crippen molar-refractivity contribution < 1.29 is 0 Å². The molecular formula is C10H13N3. The summed E-state index contributed by atoms with van der Waals surface area (Å²) in [5, 5.41) is 0. The van der Waals surface area contributed by atoms with Gasteiger partial charge in [0.15, 0.2) is 0 Å². The molecule has 0 radical (unpaired) electrons. The van der Waals surface area contributed by atoms with Gasteiger partial charge < -0.3 is 0 Å². The van der Waals surface area contributed by atoms with Gasteiger partial charge in [-0.15, -0.1) is 0 Å². The first kappa shape index (κ1) is 8.23. The Morgan fingerprint density at radius 1 is 1.08 bits per heavy atom. The molecule has 0 spiro atoms. The summed E-state index contributed by atoms with van der Waals surface area (Å²) in [5.74, 6) is 0.813. The van der Waals surface area contributed by atoms with Gasteiger partial charge in [0.25, 0.3) is 0 Å². The molecule has 0 aromatic carbocycles. The molecule has 3 heteroatoms. The summed E-state index contributed by atoms with van der Waals surface area (Å²) in [4.78, 5) is 8.76. The second kappa shape index (κ2) is 2.55. The second-order valence-corrected chi connectivity index (χ2v) is 3.46. The van der Waals surface area contributed by atoms with E-state index < -0.39 is 0 Å². The van der Waals surface area contributed by atoms with Gasteiger partial charge in [0.1, 0.15) is 0 Å². The molecule has 0 amide bonds. The van der Waals surface area contributed by atoms with Gasteiger partial charge in [0.05, 0.1) is 5.69 Å². The summed E-state index contributed by atoms with van der Waals surface area (Å²) >= 11 is 0. The first-order chi connectivity index (χ1) is 6.09. The Balaban J connectivity index is 2.94. The molecule has 0 N–H and O–H groups in total. The third kappa shape index (κ3) is 1.11. The number of fused-ring (bicyclic) bond motifs is 1. The summed E-state index contributed by atoms with van der Waals surface area (Å²) < 4.78 is 2.09. The third-order valence-electron chi connectivity index (χ3n) is 2.37. The van der Waals surface area contributed by atoms with Crippen LogP contribution in [0.2, 0.25) is 0 Å². The molecule has 0 aliphatic heterocycles. The second-order valence-electron chi connectivity index (χ2n) is 3.46. The maximum absolute atomic E-state index is 4.39. The van der Waals surface area contributed by atoms with E-state index in [1.54, 1.807) is 0 Å². The third-order valence-corrected chi connectivity index (χ3v) is 2.37. The van der Waals surface area contributed by atoms with E-state index in [9.17, 15) is 0 Å². The zero-order valence-corrected chi connectivity index (χ0v) is 8.42. The Hall–Kier alpha value is -1.38. The first-order valence-corrected chi connectivity index (χ1v) is 4.39. The first-order valence-electron chi connectivity index (χ1n) is 4.39. The largest absolute Gasteiger partial charge is 0.285 e. The summed E-state index contributed by atoms with van der Waals surface area (Å²) in [6, 6.07) is 2.07. The van der Waals surface area contributed by atoms with E-state index in [0.29, 0.717) is 0 Å². The molecule has 0 unspecified atom stereocenters. The van der Waals surface area contributed by atoms with Crippen LogP contribution in [-0.2, 0) is 0 Å². The van der Waals surface area contributed by atoms with E-state index in [4.69, 9.17) is 0 Å². The van der Waals surface area contributed by atoms with Crippen molar-refractivity contribution in [2.75, 3.05) is 0 Å². The van der Waals surface area contributed by atoms with Gasteiger partial charge in [-0.1, -0.05) is 0 Å². The highest BCUT2D eigenvalue weighted by Crippen LogP contribution is 2.12. The summed E-state index contributed by atoms with van der Waals surface area (Å²) in [6.07, 6.45) is 0. The molecule has 2 aromatic heterocycles. The number of imidazole rings is 1. The highest BCUT2D eigenvalue weighted by molar-refractivity contribution is 5.38. The van der Waals surface area contributed by atoms with Crippen molar-refractivity contribution >= 4 is 5.78 Å². The van der Waals surface area contributed by atoms with Gasteiger partial charge >= 0.3 is 0 Å². The van der Waals surface area contributed by atoms with Crippen molar-refractivity contribution in [2.24, 2.45) is 0 Å². The molecule has 0 saturated carbocycles. The molecule has 0 bridgehead atoms. The lowest BCUT2D eigenvalue weighted by Gasteiger charge is -2.02. The number of aryl methyl sites for hydroxylation is 4. The van der Waals surface area contributed by atoms with E-state index >= 15 is 0 Å². The number of nitrogens with zero attached hydrogens (tertiary/aromatic N) is 3. The van der Waals surface area contributed by atoms with Crippen LogP contribution < -0.4 is 0 Å². The Morgan fingerprint density at radius 3 is 2.46 bits per heavy atom. The van der Waals surface area contributed by atoms with Crippen LogP contribution in [-0.4, -0.2) is 14.4 Å². The molecule has 13 heavy (non-hydrogen) atoms. The van der Waals surface area contributed by atoms with Crippen LogP contribution >= 0.6 is 0 Å². The lowest BCUT2D eigenvalue weighted by molar-refractivity contribution is 0.979. The van der Waals surface area contributed by atoms with E-state index in [1.807, 2.05) is 13.8 Å². The SMILES string of the molecule is Cc1cc(C)n2c(C)c(C)nc2n1. The molecule has 0 fully saturated rings. The lowest BCUT2D eigenvalue weighted by atomic mass is 10.3. The fourth-order valence-electron chi connectivity index (χ4n) is 1.65. The normalized spacial score (nSPS) is 11.1. The average Bonchev–Trinajstić information content (AvgIpc) is 2.27. The minimum atomic E-state index is 0.813. The zero-order chi connectivity index (χ0) is 9.59. The number of rotatable bonds is 0. The molecule has 0 saturated heterocycles. The minimum absolute atomic E-state index is 0.813. The van der Waals surface area contributed by atoms with Crippen LogP contribution in [0.15, 0.2) is 6.07 Å². The molecule has 0 aliphatic carbocycles. The number of aromatic nitrogens is 3. The fourth-order valence-corrected chi connectivity index (χ4v) is 1.65. The van der Waals surface area contributed by atoms with Crippen LogP contribution in [0.1, 0.15) is 22.8 Å². The lowest BCUT2D eigenvalue weighted by Crippen LogP contribution is -1.97. The number of hydrogen-bond donors (Lipinski definition) is 0. The van der Waals surface area contributed by atoms with Crippen LogP contribution in [0, 0.1) is 27.7 Å². The molecular weight excluding hydrogens is 162 g/mol. The van der Waals surface area contributed by atoms with Gasteiger partial charge in [-0.05, 0) is 33.8 Å². The van der Waals surface area contributed by atoms with Crippen molar-refractivity contribution in [2.45, 2.75) is 27.7 Å². The summed E-state index contributed by atoms with van der Waals surface area (Å²) in [7, 11) is 0. The highest BCUT2D eigenvalue weighted by Gasteiger charge is 2.07.